The van der Waals surface area contributed by atoms with Crippen molar-refractivity contribution in [1.82, 2.24) is 4.90 Å². The van der Waals surface area contributed by atoms with E-state index in [0.29, 0.717) is 6.54 Å². The van der Waals surface area contributed by atoms with E-state index in [2.05, 4.69) is 0 Å². The average molecular weight is 113 g/mol. The molecule has 1 heterocycles. The number of aliphatic hydroxyl groups excluding tert-OH is 1. The molecule has 2 heteroatoms. The Hall–Kier alpha value is -0.0800. The van der Waals surface area contributed by atoms with E-state index in [1.165, 1.54) is 0 Å². The SMILES string of the molecule is [CH]CN1CCC(O)C1. The van der Waals surface area contributed by atoms with Crippen LogP contribution in [0.5, 0.6) is 0 Å². The molecule has 2 radical (unpaired) electrons. The maximum atomic E-state index is 8.93. The maximum Gasteiger partial charge on any atom is 0.0679 e. The number of rotatable bonds is 1. The minimum atomic E-state index is -0.126. The van der Waals surface area contributed by atoms with Gasteiger partial charge >= 0.3 is 0 Å². The highest BCUT2D eigenvalue weighted by Gasteiger charge is 2.17. The Morgan fingerprint density at radius 3 is 2.75 bits per heavy atom. The Kier molecular flexibility index (Phi) is 1.86. The van der Waals surface area contributed by atoms with Crippen LogP contribution in [0.2, 0.25) is 0 Å². The van der Waals surface area contributed by atoms with Gasteiger partial charge in [-0.15, -0.1) is 0 Å². The summed E-state index contributed by atoms with van der Waals surface area (Å²) in [6, 6.07) is 0. The number of nitrogens with zero attached hydrogens (tertiary/aromatic N) is 1. The lowest BCUT2D eigenvalue weighted by atomic mass is 10.3. The molecule has 1 saturated heterocycles. The molecule has 46 valence electrons. The lowest BCUT2D eigenvalue weighted by Crippen LogP contribution is -2.21. The second-order valence-corrected chi connectivity index (χ2v) is 2.20. The van der Waals surface area contributed by atoms with Gasteiger partial charge in [-0.3, -0.25) is 0 Å². The van der Waals surface area contributed by atoms with Gasteiger partial charge in [-0.2, -0.15) is 0 Å². The van der Waals surface area contributed by atoms with E-state index >= 15 is 0 Å². The van der Waals surface area contributed by atoms with Crippen molar-refractivity contribution >= 4 is 0 Å². The van der Waals surface area contributed by atoms with Crippen molar-refractivity contribution in [3.05, 3.63) is 6.92 Å². The van der Waals surface area contributed by atoms with Gasteiger partial charge in [0.15, 0.2) is 0 Å². The zero-order valence-corrected chi connectivity index (χ0v) is 4.88. The zero-order valence-electron chi connectivity index (χ0n) is 4.88. The van der Waals surface area contributed by atoms with Gasteiger partial charge in [0, 0.05) is 19.6 Å². The minimum Gasteiger partial charge on any atom is -0.392 e. The van der Waals surface area contributed by atoms with Crippen LogP contribution in [0.4, 0.5) is 0 Å². The van der Waals surface area contributed by atoms with Crippen LogP contribution in [0.3, 0.4) is 0 Å². The zero-order chi connectivity index (χ0) is 5.98. The number of hydrogen-bond acceptors (Lipinski definition) is 2. The Bertz CT molecular complexity index is 74.9. The molecule has 0 saturated carbocycles. The molecule has 1 aliphatic heterocycles. The fourth-order valence-corrected chi connectivity index (χ4v) is 0.978. The fourth-order valence-electron chi connectivity index (χ4n) is 0.978. The minimum absolute atomic E-state index is 0.126. The summed E-state index contributed by atoms with van der Waals surface area (Å²) in [4.78, 5) is 2.03. The van der Waals surface area contributed by atoms with Crippen LogP contribution in [-0.2, 0) is 0 Å². The number of β-amino-alcohol motifs (C(OH)–C–C–N with tert-alkyl or cyclic N) is 1. The highest BCUT2D eigenvalue weighted by Crippen LogP contribution is 2.06. The predicted octanol–water partition coefficient (Wildman–Crippen LogP) is -0.236. The van der Waals surface area contributed by atoms with Gasteiger partial charge in [0.25, 0.3) is 0 Å². The first-order valence-electron chi connectivity index (χ1n) is 2.93. The lowest BCUT2D eigenvalue weighted by molar-refractivity contribution is 0.179. The van der Waals surface area contributed by atoms with Gasteiger partial charge < -0.3 is 10.0 Å². The van der Waals surface area contributed by atoms with Crippen molar-refractivity contribution in [3.8, 4) is 0 Å². The summed E-state index contributed by atoms with van der Waals surface area (Å²) in [6.45, 7) is 7.61. The van der Waals surface area contributed by atoms with Crippen molar-refractivity contribution in [1.29, 1.82) is 0 Å². The van der Waals surface area contributed by atoms with E-state index in [4.69, 9.17) is 12.0 Å². The van der Waals surface area contributed by atoms with Crippen molar-refractivity contribution in [3.63, 3.8) is 0 Å². The predicted molar refractivity (Wildman–Crippen MR) is 31.4 cm³/mol. The van der Waals surface area contributed by atoms with Gasteiger partial charge in [0.05, 0.1) is 6.10 Å². The molecule has 1 aliphatic rings. The number of hydrogen-bond donors (Lipinski definition) is 1. The van der Waals surface area contributed by atoms with E-state index in [9.17, 15) is 0 Å². The number of aliphatic hydroxyl groups is 1. The third kappa shape index (κ3) is 1.20. The van der Waals surface area contributed by atoms with E-state index in [1.807, 2.05) is 4.90 Å². The van der Waals surface area contributed by atoms with Gasteiger partial charge in [0.2, 0.25) is 0 Å². The molecule has 0 spiro atoms. The molecule has 0 aromatic heterocycles. The highest BCUT2D eigenvalue weighted by molar-refractivity contribution is 4.74. The molecule has 1 rings (SSSR count). The summed E-state index contributed by atoms with van der Waals surface area (Å²) < 4.78 is 0. The van der Waals surface area contributed by atoms with Crippen LogP contribution in [-0.4, -0.2) is 35.7 Å². The second kappa shape index (κ2) is 2.46. The third-order valence-corrected chi connectivity index (χ3v) is 1.51. The van der Waals surface area contributed by atoms with Crippen molar-refractivity contribution in [2.45, 2.75) is 12.5 Å². The summed E-state index contributed by atoms with van der Waals surface area (Å²) in [5.41, 5.74) is 0. The monoisotopic (exact) mass is 113 g/mol. The molecule has 2 nitrogen and oxygen atoms in total. The summed E-state index contributed by atoms with van der Waals surface area (Å²) >= 11 is 0. The van der Waals surface area contributed by atoms with Crippen LogP contribution in [0.25, 0.3) is 0 Å². The van der Waals surface area contributed by atoms with Crippen LogP contribution in [0.1, 0.15) is 6.42 Å². The first-order valence-corrected chi connectivity index (χ1v) is 2.93. The molecule has 8 heavy (non-hydrogen) atoms. The van der Waals surface area contributed by atoms with E-state index in [-0.39, 0.29) is 6.10 Å². The van der Waals surface area contributed by atoms with E-state index < -0.39 is 0 Å². The van der Waals surface area contributed by atoms with Gasteiger partial charge in [-0.05, 0) is 13.3 Å². The van der Waals surface area contributed by atoms with Crippen molar-refractivity contribution in [2.75, 3.05) is 19.6 Å². The van der Waals surface area contributed by atoms with Gasteiger partial charge in [-0.25, -0.2) is 0 Å². The molecule has 0 bridgehead atoms. The van der Waals surface area contributed by atoms with Crippen molar-refractivity contribution < 1.29 is 5.11 Å². The van der Waals surface area contributed by atoms with Crippen LogP contribution in [0, 0.1) is 6.92 Å². The standard InChI is InChI=1S/C6H11NO/c1-2-7-4-3-6(8)5-7/h1,6,8H,2-5H2. The Balaban J connectivity index is 2.22. The summed E-state index contributed by atoms with van der Waals surface area (Å²) in [7, 11) is 0. The molecule has 0 aromatic carbocycles. The molecular formula is C6H11NO. The molecular weight excluding hydrogens is 102 g/mol. The molecule has 0 amide bonds. The highest BCUT2D eigenvalue weighted by atomic mass is 16.3. The van der Waals surface area contributed by atoms with E-state index in [0.717, 1.165) is 19.5 Å². The van der Waals surface area contributed by atoms with Crippen molar-refractivity contribution in [2.24, 2.45) is 0 Å². The van der Waals surface area contributed by atoms with Gasteiger partial charge in [0.1, 0.15) is 0 Å². The van der Waals surface area contributed by atoms with E-state index in [1.54, 1.807) is 0 Å². The molecule has 1 atom stereocenters. The summed E-state index contributed by atoms with van der Waals surface area (Å²) in [5.74, 6) is 0. The summed E-state index contributed by atoms with van der Waals surface area (Å²) in [5, 5.41) is 8.93. The Morgan fingerprint density at radius 1 is 1.75 bits per heavy atom. The number of likely N-dealkylation sites (tertiary alicyclic amines) is 1. The average Bonchev–Trinajstić information content (AvgIpc) is 2.14. The first kappa shape index (κ1) is 6.05. The first-order chi connectivity index (χ1) is 3.83. The van der Waals surface area contributed by atoms with Crippen LogP contribution < -0.4 is 0 Å². The molecule has 1 N–H and O–H groups in total. The lowest BCUT2D eigenvalue weighted by Gasteiger charge is -2.08. The quantitative estimate of drug-likeness (QED) is 0.507. The Morgan fingerprint density at radius 2 is 2.50 bits per heavy atom. The molecule has 1 unspecified atom stereocenters. The van der Waals surface area contributed by atoms with Crippen LogP contribution in [0.15, 0.2) is 0 Å². The molecule has 0 aliphatic carbocycles. The fraction of sp³-hybridized carbons (Fsp3) is 0.833. The molecule has 1 fully saturated rings. The van der Waals surface area contributed by atoms with Gasteiger partial charge in [-0.1, -0.05) is 0 Å². The summed E-state index contributed by atoms with van der Waals surface area (Å²) in [6.07, 6.45) is 0.760. The smallest absolute Gasteiger partial charge is 0.0679 e. The topological polar surface area (TPSA) is 23.5 Å². The molecule has 0 aromatic rings. The third-order valence-electron chi connectivity index (χ3n) is 1.51. The van der Waals surface area contributed by atoms with Crippen LogP contribution >= 0.6 is 0 Å². The largest absolute Gasteiger partial charge is 0.392 e. The second-order valence-electron chi connectivity index (χ2n) is 2.20. The maximum absolute atomic E-state index is 8.93. The normalized spacial score (nSPS) is 31.5. The Labute approximate surface area is 50.1 Å².